The Kier molecular flexibility index (Phi) is 4.64. The maximum Gasteiger partial charge on any atom is 0.354 e. The van der Waals surface area contributed by atoms with Crippen LogP contribution in [0.2, 0.25) is 0 Å². The van der Waals surface area contributed by atoms with E-state index < -0.39 is 16.0 Å². The number of piperidine rings is 1. The molecule has 0 spiro atoms. The molecule has 126 valence electrons. The Morgan fingerprint density at radius 3 is 2.29 bits per heavy atom. The van der Waals surface area contributed by atoms with Crippen LogP contribution in [-0.2, 0) is 10.0 Å². The molecule has 1 aromatic heterocycles. The molecule has 1 saturated heterocycles. The molecule has 1 N–H and O–H groups in total. The second-order valence-electron chi connectivity index (χ2n) is 5.70. The van der Waals surface area contributed by atoms with Crippen molar-refractivity contribution < 1.29 is 18.3 Å². The van der Waals surface area contributed by atoms with E-state index in [4.69, 9.17) is 5.11 Å². The number of aromatic nitrogens is 1. The van der Waals surface area contributed by atoms with Gasteiger partial charge in [0.1, 0.15) is 5.69 Å². The summed E-state index contributed by atoms with van der Waals surface area (Å²) in [5.41, 5.74) is 1.13. The highest BCUT2D eigenvalue weighted by atomic mass is 32.2. The molecule has 3 rings (SSSR count). The summed E-state index contributed by atoms with van der Waals surface area (Å²) in [6, 6.07) is 11.1. The van der Waals surface area contributed by atoms with E-state index in [2.05, 4.69) is 4.98 Å². The monoisotopic (exact) mass is 346 g/mol. The first-order valence-electron chi connectivity index (χ1n) is 7.79. The molecule has 0 amide bonds. The van der Waals surface area contributed by atoms with Gasteiger partial charge in [-0.15, -0.1) is 0 Å². The number of carbonyl (C=O) groups is 1. The third kappa shape index (κ3) is 3.32. The standard InChI is InChI=1S/C17H18N2O4S/c20-17(21)16-6-4-5-15(18-16)13-7-9-14(10-8-13)24(22,23)19-11-2-1-3-12-19/h4-10H,1-3,11-12H2,(H,20,21). The highest BCUT2D eigenvalue weighted by molar-refractivity contribution is 7.89. The number of nitrogens with zero attached hydrogens (tertiary/aromatic N) is 2. The minimum Gasteiger partial charge on any atom is -0.477 e. The minimum atomic E-state index is -3.46. The highest BCUT2D eigenvalue weighted by Gasteiger charge is 2.25. The fraction of sp³-hybridized carbons (Fsp3) is 0.294. The predicted octanol–water partition coefficient (Wildman–Crippen LogP) is 2.62. The largest absolute Gasteiger partial charge is 0.477 e. The topological polar surface area (TPSA) is 87.6 Å². The van der Waals surface area contributed by atoms with Crippen LogP contribution in [0.25, 0.3) is 11.3 Å². The van der Waals surface area contributed by atoms with Gasteiger partial charge in [0.25, 0.3) is 0 Å². The lowest BCUT2D eigenvalue weighted by Crippen LogP contribution is -2.35. The fourth-order valence-corrected chi connectivity index (χ4v) is 4.28. The lowest BCUT2D eigenvalue weighted by Gasteiger charge is -2.25. The summed E-state index contributed by atoms with van der Waals surface area (Å²) in [4.78, 5) is 15.3. The Hall–Kier alpha value is -2.25. The zero-order valence-electron chi connectivity index (χ0n) is 13.1. The summed E-state index contributed by atoms with van der Waals surface area (Å²) in [6.07, 6.45) is 2.85. The van der Waals surface area contributed by atoms with Gasteiger partial charge in [0.05, 0.1) is 10.6 Å². The molecule has 1 aliphatic rings. The molecule has 24 heavy (non-hydrogen) atoms. The number of pyridine rings is 1. The quantitative estimate of drug-likeness (QED) is 0.919. The van der Waals surface area contributed by atoms with Gasteiger partial charge in [-0.1, -0.05) is 24.6 Å². The average molecular weight is 346 g/mol. The van der Waals surface area contributed by atoms with E-state index >= 15 is 0 Å². The molecule has 0 aliphatic carbocycles. The van der Waals surface area contributed by atoms with Gasteiger partial charge in [0, 0.05) is 18.7 Å². The van der Waals surface area contributed by atoms with Crippen molar-refractivity contribution in [3.8, 4) is 11.3 Å². The number of sulfonamides is 1. The summed E-state index contributed by atoms with van der Waals surface area (Å²) in [7, 11) is -3.46. The molecule has 0 atom stereocenters. The van der Waals surface area contributed by atoms with Crippen molar-refractivity contribution in [3.05, 3.63) is 48.2 Å². The maximum atomic E-state index is 12.6. The van der Waals surface area contributed by atoms with Gasteiger partial charge in [-0.05, 0) is 37.1 Å². The van der Waals surface area contributed by atoms with Crippen LogP contribution in [0.4, 0.5) is 0 Å². The van der Waals surface area contributed by atoms with Crippen LogP contribution < -0.4 is 0 Å². The van der Waals surface area contributed by atoms with Gasteiger partial charge in [0.2, 0.25) is 10.0 Å². The second-order valence-corrected chi connectivity index (χ2v) is 7.64. The Balaban J connectivity index is 1.88. The van der Waals surface area contributed by atoms with Crippen molar-refractivity contribution in [1.29, 1.82) is 0 Å². The zero-order chi connectivity index (χ0) is 17.2. The molecule has 0 radical (unpaired) electrons. The maximum absolute atomic E-state index is 12.6. The van der Waals surface area contributed by atoms with E-state index in [9.17, 15) is 13.2 Å². The van der Waals surface area contributed by atoms with Crippen molar-refractivity contribution in [2.75, 3.05) is 13.1 Å². The van der Waals surface area contributed by atoms with Crippen molar-refractivity contribution in [2.24, 2.45) is 0 Å². The number of carboxylic acid groups (broad SMARTS) is 1. The van der Waals surface area contributed by atoms with Crippen molar-refractivity contribution >= 4 is 16.0 Å². The second kappa shape index (κ2) is 6.70. The van der Waals surface area contributed by atoms with Crippen molar-refractivity contribution in [2.45, 2.75) is 24.2 Å². The lowest BCUT2D eigenvalue weighted by molar-refractivity contribution is 0.0690. The van der Waals surface area contributed by atoms with E-state index in [1.807, 2.05) is 0 Å². The number of aromatic carboxylic acids is 1. The zero-order valence-corrected chi connectivity index (χ0v) is 13.9. The first-order chi connectivity index (χ1) is 11.5. The third-order valence-electron chi connectivity index (χ3n) is 4.07. The van der Waals surface area contributed by atoms with Crippen LogP contribution in [0.5, 0.6) is 0 Å². The van der Waals surface area contributed by atoms with E-state index in [-0.39, 0.29) is 10.6 Å². The van der Waals surface area contributed by atoms with E-state index in [1.165, 1.54) is 10.4 Å². The van der Waals surface area contributed by atoms with Crippen LogP contribution in [0.15, 0.2) is 47.4 Å². The summed E-state index contributed by atoms with van der Waals surface area (Å²) in [6.45, 7) is 1.12. The number of rotatable bonds is 4. The smallest absolute Gasteiger partial charge is 0.354 e. The first-order valence-corrected chi connectivity index (χ1v) is 9.23. The number of hydrogen-bond donors (Lipinski definition) is 1. The molecule has 2 aromatic rings. The van der Waals surface area contributed by atoms with Crippen LogP contribution in [0.1, 0.15) is 29.8 Å². The average Bonchev–Trinajstić information content (AvgIpc) is 2.62. The number of hydrogen-bond acceptors (Lipinski definition) is 4. The number of benzene rings is 1. The fourth-order valence-electron chi connectivity index (χ4n) is 2.77. The molecule has 1 fully saturated rings. The highest BCUT2D eigenvalue weighted by Crippen LogP contribution is 2.24. The first kappa shape index (κ1) is 16.6. The summed E-state index contributed by atoms with van der Waals surface area (Å²) in [5, 5.41) is 9.00. The lowest BCUT2D eigenvalue weighted by atomic mass is 10.1. The van der Waals surface area contributed by atoms with Crippen LogP contribution >= 0.6 is 0 Å². The number of carboxylic acids is 1. The Morgan fingerprint density at radius 2 is 1.67 bits per heavy atom. The van der Waals surface area contributed by atoms with Crippen LogP contribution in [0, 0.1) is 0 Å². The van der Waals surface area contributed by atoms with Gasteiger partial charge in [-0.3, -0.25) is 0 Å². The molecule has 0 bridgehead atoms. The van der Waals surface area contributed by atoms with Gasteiger partial charge in [-0.25, -0.2) is 18.2 Å². The third-order valence-corrected chi connectivity index (χ3v) is 5.98. The molecule has 7 heteroatoms. The molecule has 0 saturated carbocycles. The molecule has 0 unspecified atom stereocenters. The van der Waals surface area contributed by atoms with E-state index in [1.54, 1.807) is 36.4 Å². The molecular weight excluding hydrogens is 328 g/mol. The van der Waals surface area contributed by atoms with Gasteiger partial charge in [0.15, 0.2) is 0 Å². The van der Waals surface area contributed by atoms with Crippen LogP contribution in [-0.4, -0.2) is 41.9 Å². The Labute approximate surface area is 140 Å². The van der Waals surface area contributed by atoms with Crippen LogP contribution in [0.3, 0.4) is 0 Å². The molecule has 1 aliphatic heterocycles. The normalized spacial score (nSPS) is 16.0. The van der Waals surface area contributed by atoms with E-state index in [0.29, 0.717) is 24.3 Å². The predicted molar refractivity (Wildman–Crippen MR) is 89.2 cm³/mol. The SMILES string of the molecule is O=C(O)c1cccc(-c2ccc(S(=O)(=O)N3CCCCC3)cc2)n1. The molecule has 1 aromatic carbocycles. The summed E-state index contributed by atoms with van der Waals surface area (Å²) >= 11 is 0. The molecule has 2 heterocycles. The Morgan fingerprint density at radius 1 is 1.00 bits per heavy atom. The summed E-state index contributed by atoms with van der Waals surface area (Å²) < 4.78 is 26.7. The van der Waals surface area contributed by atoms with Crippen molar-refractivity contribution in [3.63, 3.8) is 0 Å². The van der Waals surface area contributed by atoms with Crippen molar-refractivity contribution in [1.82, 2.24) is 9.29 Å². The summed E-state index contributed by atoms with van der Waals surface area (Å²) in [5.74, 6) is -1.10. The minimum absolute atomic E-state index is 0.0440. The van der Waals surface area contributed by atoms with Gasteiger partial charge in [-0.2, -0.15) is 4.31 Å². The van der Waals surface area contributed by atoms with Gasteiger partial charge >= 0.3 is 5.97 Å². The Bertz CT molecular complexity index is 841. The molecular formula is C17H18N2O4S. The molecule has 6 nitrogen and oxygen atoms in total. The van der Waals surface area contributed by atoms with Gasteiger partial charge < -0.3 is 5.11 Å². The van der Waals surface area contributed by atoms with E-state index in [0.717, 1.165) is 19.3 Å².